The van der Waals surface area contributed by atoms with E-state index in [1.807, 2.05) is 9.80 Å². The third kappa shape index (κ3) is 14.1. The molecule has 0 saturated carbocycles. The van der Waals surface area contributed by atoms with E-state index in [9.17, 15) is 13.7 Å². The zero-order valence-electron chi connectivity index (χ0n) is 16.2. The van der Waals surface area contributed by atoms with Crippen LogP contribution in [0.25, 0.3) is 0 Å². The van der Waals surface area contributed by atoms with Gasteiger partial charge >= 0.3 is 15.2 Å². The van der Waals surface area contributed by atoms with E-state index in [-0.39, 0.29) is 25.4 Å². The first-order valence-electron chi connectivity index (χ1n) is 9.04. The van der Waals surface area contributed by atoms with Gasteiger partial charge in [-0.1, -0.05) is 0 Å². The van der Waals surface area contributed by atoms with E-state index >= 15 is 0 Å². The van der Waals surface area contributed by atoms with Gasteiger partial charge in [-0.3, -0.25) is 9.13 Å². The summed E-state index contributed by atoms with van der Waals surface area (Å²) in [6, 6.07) is 0. The van der Waals surface area contributed by atoms with Gasteiger partial charge in [-0.2, -0.15) is 0 Å². The van der Waals surface area contributed by atoms with Crippen molar-refractivity contribution in [2.24, 2.45) is 0 Å². The van der Waals surface area contributed by atoms with Gasteiger partial charge in [-0.15, -0.1) is 0 Å². The third-order valence-corrected chi connectivity index (χ3v) is 7.41. The third-order valence-electron chi connectivity index (χ3n) is 4.57. The Morgan fingerprint density at radius 2 is 0.852 bits per heavy atom. The lowest BCUT2D eigenvalue weighted by Crippen LogP contribution is -2.38. The molecule has 0 unspecified atom stereocenters. The molecule has 10 nitrogen and oxygen atoms in total. The Morgan fingerprint density at radius 3 is 1.07 bits per heavy atom. The Labute approximate surface area is 161 Å². The van der Waals surface area contributed by atoms with E-state index in [0.29, 0.717) is 52.0 Å². The number of nitrogens with zero attached hydrogens (tertiary/aromatic N) is 3. The van der Waals surface area contributed by atoms with Crippen molar-refractivity contribution in [1.82, 2.24) is 14.7 Å². The summed E-state index contributed by atoms with van der Waals surface area (Å²) >= 11 is 0. The van der Waals surface area contributed by atoms with Crippen molar-refractivity contribution in [1.29, 1.82) is 0 Å². The van der Waals surface area contributed by atoms with Crippen molar-refractivity contribution in [3.63, 3.8) is 0 Å². The van der Waals surface area contributed by atoms with E-state index in [2.05, 4.69) is 4.90 Å². The van der Waals surface area contributed by atoms with Crippen molar-refractivity contribution in [3.05, 3.63) is 0 Å². The molecule has 1 heterocycles. The van der Waals surface area contributed by atoms with E-state index in [1.54, 1.807) is 13.3 Å². The fourth-order valence-electron chi connectivity index (χ4n) is 2.78. The molecule has 4 N–H and O–H groups in total. The van der Waals surface area contributed by atoms with Crippen LogP contribution in [0.2, 0.25) is 0 Å². The Bertz CT molecular complexity index is 496. The first-order valence-corrected chi connectivity index (χ1v) is 15.4. The Balaban J connectivity index is 2.72. The van der Waals surface area contributed by atoms with Gasteiger partial charge in [0, 0.05) is 65.1 Å². The zero-order valence-corrected chi connectivity index (χ0v) is 18.9. The fraction of sp³-hybridized carbons (Fsp3) is 1.00. The van der Waals surface area contributed by atoms with Gasteiger partial charge in [0.2, 0.25) is 0 Å². The number of hydrogen-bond donors (Lipinski definition) is 4. The van der Waals surface area contributed by atoms with Crippen LogP contribution in [0.5, 0.6) is 0 Å². The Morgan fingerprint density at radius 1 is 0.593 bits per heavy atom. The lowest BCUT2D eigenvalue weighted by Gasteiger charge is -2.26. The van der Waals surface area contributed by atoms with Crippen LogP contribution in [-0.2, 0) is 13.7 Å². The monoisotopic (exact) mass is 449 g/mol. The molecular weight excluding hydrogens is 415 g/mol. The molecular formula is C14H34N3O7P3. The van der Waals surface area contributed by atoms with Gasteiger partial charge in [-0.25, -0.2) is 0 Å². The summed E-state index contributed by atoms with van der Waals surface area (Å²) in [7, 11) is -10.3. The molecule has 0 aliphatic carbocycles. The van der Waals surface area contributed by atoms with E-state index in [1.165, 1.54) is 0 Å². The standard InChI is InChI=1S/C14H34N3O7P3/c1-25(2,18)12-9-15-3-5-16(10-13-26(19,20)21)7-8-17(6-4-15)11-14-27(22,23)24/h3-14H2,1-2H3,(H2,19,20,21)(H2,22,23,24). The zero-order chi connectivity index (χ0) is 20.7. The molecule has 0 radical (unpaired) electrons. The van der Waals surface area contributed by atoms with Gasteiger partial charge in [-0.05, 0) is 13.3 Å². The minimum absolute atomic E-state index is 0.214. The normalized spacial score (nSPS) is 20.2. The van der Waals surface area contributed by atoms with Gasteiger partial charge in [0.1, 0.15) is 0 Å². The fourth-order valence-corrected chi connectivity index (χ4v) is 4.63. The molecule has 0 aromatic carbocycles. The molecule has 0 spiro atoms. The molecule has 0 aromatic rings. The highest BCUT2D eigenvalue weighted by Gasteiger charge is 2.22. The summed E-state index contributed by atoms with van der Waals surface area (Å²) in [5.41, 5.74) is 0. The van der Waals surface area contributed by atoms with E-state index in [4.69, 9.17) is 19.6 Å². The van der Waals surface area contributed by atoms with Crippen LogP contribution >= 0.6 is 22.3 Å². The summed E-state index contributed by atoms with van der Waals surface area (Å²) in [6.07, 6.45) is 0.168. The maximum Gasteiger partial charge on any atom is 0.326 e. The summed E-state index contributed by atoms with van der Waals surface area (Å²) in [5, 5.41) is 0. The summed E-state index contributed by atoms with van der Waals surface area (Å²) in [6.45, 7) is 8.56. The molecule has 0 aromatic heterocycles. The molecule has 162 valence electrons. The molecule has 1 aliphatic rings. The molecule has 1 saturated heterocycles. The van der Waals surface area contributed by atoms with Crippen LogP contribution in [0.4, 0.5) is 0 Å². The highest BCUT2D eigenvalue weighted by Crippen LogP contribution is 2.36. The van der Waals surface area contributed by atoms with Gasteiger partial charge in [0.25, 0.3) is 0 Å². The smallest absolute Gasteiger partial charge is 0.324 e. The lowest BCUT2D eigenvalue weighted by molar-refractivity contribution is 0.227. The average Bonchev–Trinajstić information content (AvgIpc) is 2.57. The Hall–Kier alpha value is 0.410. The highest BCUT2D eigenvalue weighted by atomic mass is 31.2. The second kappa shape index (κ2) is 11.0. The predicted molar refractivity (Wildman–Crippen MR) is 107 cm³/mol. The van der Waals surface area contributed by atoms with Gasteiger partial charge in [0.15, 0.2) is 0 Å². The number of rotatable bonds is 9. The van der Waals surface area contributed by atoms with Crippen molar-refractivity contribution in [2.45, 2.75) is 0 Å². The largest absolute Gasteiger partial charge is 0.326 e. The van der Waals surface area contributed by atoms with Gasteiger partial charge < -0.3 is 38.8 Å². The van der Waals surface area contributed by atoms with Crippen LogP contribution in [0.3, 0.4) is 0 Å². The van der Waals surface area contributed by atoms with Crippen LogP contribution in [0.15, 0.2) is 0 Å². The average molecular weight is 449 g/mol. The highest BCUT2D eigenvalue weighted by molar-refractivity contribution is 7.62. The second-order valence-corrected chi connectivity index (χ2v) is 14.7. The maximum absolute atomic E-state index is 12.0. The topological polar surface area (TPSA) is 142 Å². The molecule has 0 bridgehead atoms. The first-order chi connectivity index (χ1) is 12.2. The molecule has 27 heavy (non-hydrogen) atoms. The molecule has 1 fully saturated rings. The second-order valence-electron chi connectivity index (χ2n) is 7.60. The SMILES string of the molecule is CP(C)(=O)CCN1CCN(CCP(=O)(O)O)CCN(CCP(=O)(O)O)CC1. The molecule has 0 amide bonds. The molecule has 1 aliphatic heterocycles. The van der Waals surface area contributed by atoms with Crippen molar-refractivity contribution >= 4 is 22.3 Å². The van der Waals surface area contributed by atoms with Crippen molar-refractivity contribution in [3.8, 4) is 0 Å². The molecule has 0 atom stereocenters. The molecule has 1 rings (SSSR count). The Kier molecular flexibility index (Phi) is 10.3. The first kappa shape index (κ1) is 25.4. The lowest BCUT2D eigenvalue weighted by atomic mass is 10.4. The summed E-state index contributed by atoms with van der Waals surface area (Å²) in [4.78, 5) is 42.6. The minimum atomic E-state index is -4.08. The van der Waals surface area contributed by atoms with Crippen molar-refractivity contribution in [2.75, 3.05) is 90.7 Å². The minimum Gasteiger partial charge on any atom is -0.324 e. The quantitative estimate of drug-likeness (QED) is 0.352. The predicted octanol–water partition coefficient (Wildman–Crippen LogP) is -0.116. The van der Waals surface area contributed by atoms with Crippen LogP contribution in [0.1, 0.15) is 0 Å². The van der Waals surface area contributed by atoms with E-state index in [0.717, 1.165) is 0 Å². The van der Waals surface area contributed by atoms with Crippen molar-refractivity contribution < 1.29 is 33.3 Å². The number of hydrogen-bond acceptors (Lipinski definition) is 6. The molecule has 13 heteroatoms. The summed E-state index contributed by atoms with van der Waals surface area (Å²) in [5.74, 6) is 0. The van der Waals surface area contributed by atoms with Crippen LogP contribution in [0, 0.1) is 0 Å². The maximum atomic E-state index is 12.0. The van der Waals surface area contributed by atoms with E-state index < -0.39 is 22.3 Å². The summed E-state index contributed by atoms with van der Waals surface area (Å²) < 4.78 is 34.4. The van der Waals surface area contributed by atoms with Crippen LogP contribution in [-0.4, -0.2) is 125 Å². The van der Waals surface area contributed by atoms with Gasteiger partial charge in [0.05, 0.1) is 19.5 Å². The van der Waals surface area contributed by atoms with Crippen LogP contribution < -0.4 is 0 Å².